The zero-order valence-corrected chi connectivity index (χ0v) is 12.7. The largest absolute Gasteiger partial charge is 0.423 e. The molecule has 0 spiro atoms. The molecule has 0 fully saturated rings. The molecule has 0 unspecified atom stereocenters. The van der Waals surface area contributed by atoms with Crippen LogP contribution in [0.2, 0.25) is 0 Å². The van der Waals surface area contributed by atoms with Gasteiger partial charge in [0.15, 0.2) is 0 Å². The summed E-state index contributed by atoms with van der Waals surface area (Å²) in [7, 11) is 0. The van der Waals surface area contributed by atoms with Crippen molar-refractivity contribution in [3.05, 3.63) is 76.4 Å². The number of non-ortho nitro benzene ring substituents is 1. The number of hydrogen-bond donors (Lipinski definition) is 0. The Kier molecular flexibility index (Phi) is 5.40. The Morgan fingerprint density at radius 3 is 1.71 bits per heavy atom. The fourth-order valence-corrected chi connectivity index (χ4v) is 1.68. The van der Waals surface area contributed by atoms with Crippen LogP contribution in [-0.4, -0.2) is 16.9 Å². The number of benzene rings is 2. The number of nitro benzene ring substituents is 1. The maximum absolute atomic E-state index is 11.6. The maximum Gasteiger partial charge on any atom is 0.336 e. The fourth-order valence-electron chi connectivity index (χ4n) is 1.68. The molecule has 0 aromatic heterocycles. The predicted octanol–water partition coefficient (Wildman–Crippen LogP) is 2.97. The Bertz CT molecular complexity index is 778. The summed E-state index contributed by atoms with van der Waals surface area (Å²) in [5.74, 6) is -1.04. The molecule has 0 saturated heterocycles. The molecule has 7 heteroatoms. The van der Waals surface area contributed by atoms with Crippen molar-refractivity contribution in [2.75, 3.05) is 0 Å². The van der Waals surface area contributed by atoms with Gasteiger partial charge in [-0.1, -0.05) is 17.7 Å². The second kappa shape index (κ2) is 7.68. The van der Waals surface area contributed by atoms with Crippen molar-refractivity contribution in [1.29, 1.82) is 0 Å². The van der Waals surface area contributed by atoms with Crippen molar-refractivity contribution in [2.45, 2.75) is 6.92 Å². The van der Waals surface area contributed by atoms with Crippen molar-refractivity contribution >= 4 is 17.6 Å². The van der Waals surface area contributed by atoms with Gasteiger partial charge in [-0.05, 0) is 31.2 Å². The summed E-state index contributed by atoms with van der Waals surface area (Å²) in [5, 5.41) is 10.5. The highest BCUT2D eigenvalue weighted by Crippen LogP contribution is 2.17. The average molecular weight is 327 g/mol. The molecule has 0 heterocycles. The lowest BCUT2D eigenvalue weighted by molar-refractivity contribution is -0.384. The van der Waals surface area contributed by atoms with Crippen LogP contribution in [0.1, 0.15) is 5.56 Å². The molecule has 0 amide bonds. The van der Waals surface area contributed by atoms with E-state index >= 15 is 0 Å². The molecule has 2 aromatic carbocycles. The van der Waals surface area contributed by atoms with E-state index in [9.17, 15) is 19.7 Å². The summed E-state index contributed by atoms with van der Waals surface area (Å²) >= 11 is 0. The molecule has 0 atom stereocenters. The first-order valence-electron chi connectivity index (χ1n) is 6.87. The van der Waals surface area contributed by atoms with Gasteiger partial charge in [-0.15, -0.1) is 0 Å². The number of ether oxygens (including phenoxy) is 2. The summed E-state index contributed by atoms with van der Waals surface area (Å²) in [6.45, 7) is 1.90. The molecule has 24 heavy (non-hydrogen) atoms. The molecule has 0 aliphatic carbocycles. The summed E-state index contributed by atoms with van der Waals surface area (Å²) in [6.07, 6.45) is 1.85. The highest BCUT2D eigenvalue weighted by atomic mass is 16.6. The molecule has 0 aliphatic rings. The molecule has 0 aliphatic heterocycles. The molecule has 7 nitrogen and oxygen atoms in total. The van der Waals surface area contributed by atoms with Crippen LogP contribution in [0.3, 0.4) is 0 Å². The smallest absolute Gasteiger partial charge is 0.336 e. The van der Waals surface area contributed by atoms with Crippen molar-refractivity contribution in [1.82, 2.24) is 0 Å². The van der Waals surface area contributed by atoms with E-state index in [4.69, 9.17) is 9.47 Å². The van der Waals surface area contributed by atoms with E-state index in [1.165, 1.54) is 24.3 Å². The molecular formula is C17H13NO6. The van der Waals surface area contributed by atoms with Gasteiger partial charge in [0.05, 0.1) is 4.92 Å². The van der Waals surface area contributed by atoms with E-state index in [2.05, 4.69) is 0 Å². The average Bonchev–Trinajstić information content (AvgIpc) is 2.55. The second-order valence-electron chi connectivity index (χ2n) is 4.74. The van der Waals surface area contributed by atoms with Crippen molar-refractivity contribution in [2.24, 2.45) is 0 Å². The van der Waals surface area contributed by atoms with Crippen molar-refractivity contribution < 1.29 is 24.0 Å². The van der Waals surface area contributed by atoms with Crippen LogP contribution in [-0.2, 0) is 9.59 Å². The van der Waals surface area contributed by atoms with Gasteiger partial charge in [0.1, 0.15) is 11.5 Å². The highest BCUT2D eigenvalue weighted by Gasteiger charge is 2.07. The normalized spacial score (nSPS) is 10.4. The SMILES string of the molecule is Cc1ccc(OC(=O)/C=C/C(=O)Oc2ccc([N+](=O)[O-])cc2)cc1. The topological polar surface area (TPSA) is 95.7 Å². The minimum absolute atomic E-state index is 0.119. The predicted molar refractivity (Wildman–Crippen MR) is 84.7 cm³/mol. The lowest BCUT2D eigenvalue weighted by Gasteiger charge is -2.02. The molecule has 0 bridgehead atoms. The van der Waals surface area contributed by atoms with Crippen LogP contribution in [0.15, 0.2) is 60.7 Å². The number of nitrogens with zero attached hydrogens (tertiary/aromatic N) is 1. The quantitative estimate of drug-likeness (QED) is 0.275. The number of hydrogen-bond acceptors (Lipinski definition) is 6. The number of aryl methyl sites for hydroxylation is 1. The first kappa shape index (κ1) is 16.9. The van der Waals surface area contributed by atoms with Crippen LogP contribution < -0.4 is 9.47 Å². The third-order valence-electron chi connectivity index (χ3n) is 2.86. The van der Waals surface area contributed by atoms with Gasteiger partial charge in [-0.3, -0.25) is 10.1 Å². The summed E-state index contributed by atoms with van der Waals surface area (Å²) in [5.41, 5.74) is 0.907. The van der Waals surface area contributed by atoms with E-state index in [0.717, 1.165) is 17.7 Å². The van der Waals surface area contributed by atoms with Crippen LogP contribution >= 0.6 is 0 Å². The Balaban J connectivity index is 1.88. The monoisotopic (exact) mass is 327 g/mol. The molecule has 0 N–H and O–H groups in total. The maximum atomic E-state index is 11.6. The van der Waals surface area contributed by atoms with Crippen LogP contribution in [0.5, 0.6) is 11.5 Å². The van der Waals surface area contributed by atoms with Gasteiger partial charge in [0, 0.05) is 24.3 Å². The van der Waals surface area contributed by atoms with Crippen molar-refractivity contribution in [3.8, 4) is 11.5 Å². The van der Waals surface area contributed by atoms with E-state index in [0.29, 0.717) is 5.75 Å². The summed E-state index contributed by atoms with van der Waals surface area (Å²) < 4.78 is 9.91. The first-order valence-corrected chi connectivity index (χ1v) is 6.87. The summed E-state index contributed by atoms with van der Waals surface area (Å²) in [6, 6.07) is 11.8. The molecule has 0 radical (unpaired) electrons. The van der Waals surface area contributed by atoms with Gasteiger partial charge in [0.25, 0.3) is 5.69 Å². The second-order valence-corrected chi connectivity index (χ2v) is 4.74. The van der Waals surface area contributed by atoms with E-state index in [1.807, 2.05) is 6.92 Å². The van der Waals surface area contributed by atoms with Crippen LogP contribution in [0.25, 0.3) is 0 Å². The minimum atomic E-state index is -0.801. The fraction of sp³-hybridized carbons (Fsp3) is 0.0588. The number of carbonyl (C=O) groups is 2. The first-order chi connectivity index (χ1) is 11.4. The van der Waals surface area contributed by atoms with Crippen LogP contribution in [0, 0.1) is 17.0 Å². The lowest BCUT2D eigenvalue weighted by atomic mass is 10.2. The standard InChI is InChI=1S/C17H13NO6/c1-12-2-6-14(7-3-12)23-16(19)10-11-17(20)24-15-8-4-13(5-9-15)18(21)22/h2-11H,1H3/b11-10+. The number of esters is 2. The Morgan fingerprint density at radius 2 is 1.29 bits per heavy atom. The van der Waals surface area contributed by atoms with Crippen LogP contribution in [0.4, 0.5) is 5.69 Å². The van der Waals surface area contributed by atoms with E-state index in [-0.39, 0.29) is 11.4 Å². The van der Waals surface area contributed by atoms with E-state index < -0.39 is 16.9 Å². The molecule has 2 aromatic rings. The highest BCUT2D eigenvalue weighted by molar-refractivity contribution is 5.93. The Hall–Kier alpha value is -3.48. The number of rotatable bonds is 5. The van der Waals surface area contributed by atoms with Gasteiger partial charge in [0.2, 0.25) is 0 Å². The van der Waals surface area contributed by atoms with Gasteiger partial charge < -0.3 is 9.47 Å². The third-order valence-corrected chi connectivity index (χ3v) is 2.86. The number of nitro groups is 1. The third kappa shape index (κ3) is 5.06. The van der Waals surface area contributed by atoms with Gasteiger partial charge >= 0.3 is 11.9 Å². The lowest BCUT2D eigenvalue weighted by Crippen LogP contribution is -2.08. The van der Waals surface area contributed by atoms with E-state index in [1.54, 1.807) is 24.3 Å². The Labute approximate surface area is 137 Å². The zero-order valence-electron chi connectivity index (χ0n) is 12.7. The molecule has 0 saturated carbocycles. The summed E-state index contributed by atoms with van der Waals surface area (Å²) in [4.78, 5) is 33.1. The molecular weight excluding hydrogens is 314 g/mol. The molecule has 122 valence electrons. The number of carbonyl (C=O) groups excluding carboxylic acids is 2. The Morgan fingerprint density at radius 1 is 0.875 bits per heavy atom. The van der Waals surface area contributed by atoms with Gasteiger partial charge in [-0.2, -0.15) is 0 Å². The minimum Gasteiger partial charge on any atom is -0.423 e. The molecule has 2 rings (SSSR count). The van der Waals surface area contributed by atoms with Crippen molar-refractivity contribution in [3.63, 3.8) is 0 Å². The van der Waals surface area contributed by atoms with Gasteiger partial charge in [-0.25, -0.2) is 9.59 Å². The zero-order chi connectivity index (χ0) is 17.5.